The van der Waals surface area contributed by atoms with Crippen molar-refractivity contribution in [3.63, 3.8) is 0 Å². The third kappa shape index (κ3) is 2.20. The van der Waals surface area contributed by atoms with Crippen LogP contribution in [0.2, 0.25) is 5.02 Å². The molecule has 0 atom stereocenters. The summed E-state index contributed by atoms with van der Waals surface area (Å²) < 4.78 is 5.71. The van der Waals surface area contributed by atoms with Crippen LogP contribution >= 0.6 is 22.9 Å². The van der Waals surface area contributed by atoms with E-state index in [4.69, 9.17) is 16.3 Å². The van der Waals surface area contributed by atoms with Crippen molar-refractivity contribution in [3.8, 4) is 5.75 Å². The van der Waals surface area contributed by atoms with E-state index in [1.807, 2.05) is 23.5 Å². The van der Waals surface area contributed by atoms with Crippen LogP contribution in [0.4, 0.5) is 0 Å². The first-order valence-electron chi connectivity index (χ1n) is 5.72. The van der Waals surface area contributed by atoms with Gasteiger partial charge in [-0.15, -0.1) is 11.3 Å². The lowest BCUT2D eigenvalue weighted by Gasteiger charge is -2.07. The van der Waals surface area contributed by atoms with Gasteiger partial charge in [0.15, 0.2) is 0 Å². The quantitative estimate of drug-likeness (QED) is 0.789. The first kappa shape index (κ1) is 11.1. The Morgan fingerprint density at radius 3 is 3.00 bits per heavy atom. The number of fused-ring (bicyclic) bond motifs is 1. The SMILES string of the molecule is Cc1ccc(Cc2cc(Cl)cc3c2OCC3)s1. The highest BCUT2D eigenvalue weighted by Crippen LogP contribution is 2.35. The summed E-state index contributed by atoms with van der Waals surface area (Å²) in [6.07, 6.45) is 1.90. The summed E-state index contributed by atoms with van der Waals surface area (Å²) in [6, 6.07) is 8.39. The van der Waals surface area contributed by atoms with Gasteiger partial charge in [0, 0.05) is 33.2 Å². The van der Waals surface area contributed by atoms with Crippen LogP contribution < -0.4 is 4.74 Å². The van der Waals surface area contributed by atoms with Crippen LogP contribution in [0, 0.1) is 6.92 Å². The van der Waals surface area contributed by atoms with Gasteiger partial charge in [0.2, 0.25) is 0 Å². The molecule has 1 aliphatic rings. The van der Waals surface area contributed by atoms with Gasteiger partial charge in [0.1, 0.15) is 5.75 Å². The molecule has 0 bridgehead atoms. The summed E-state index contributed by atoms with van der Waals surface area (Å²) in [4.78, 5) is 2.71. The minimum Gasteiger partial charge on any atom is -0.493 e. The van der Waals surface area contributed by atoms with Crippen molar-refractivity contribution in [2.45, 2.75) is 19.8 Å². The van der Waals surface area contributed by atoms with Crippen LogP contribution in [0.3, 0.4) is 0 Å². The molecular formula is C14H13ClOS. The Balaban J connectivity index is 1.98. The molecule has 0 fully saturated rings. The maximum Gasteiger partial charge on any atom is 0.126 e. The first-order valence-corrected chi connectivity index (χ1v) is 6.91. The number of aryl methyl sites for hydroxylation is 1. The molecule has 88 valence electrons. The molecule has 1 aromatic heterocycles. The predicted octanol–water partition coefficient (Wildman–Crippen LogP) is 4.24. The smallest absolute Gasteiger partial charge is 0.126 e. The topological polar surface area (TPSA) is 9.23 Å². The lowest BCUT2D eigenvalue weighted by Crippen LogP contribution is -1.92. The van der Waals surface area contributed by atoms with Crippen molar-refractivity contribution < 1.29 is 4.74 Å². The average molecular weight is 265 g/mol. The summed E-state index contributed by atoms with van der Waals surface area (Å²) in [5.74, 6) is 1.06. The highest BCUT2D eigenvalue weighted by Gasteiger charge is 2.17. The Bertz CT molecular complexity index is 559. The Hall–Kier alpha value is -0.990. The van der Waals surface area contributed by atoms with E-state index in [1.54, 1.807) is 0 Å². The fraction of sp³-hybridized carbons (Fsp3) is 0.286. The van der Waals surface area contributed by atoms with Gasteiger partial charge in [-0.2, -0.15) is 0 Å². The lowest BCUT2D eigenvalue weighted by atomic mass is 10.0. The van der Waals surface area contributed by atoms with Gasteiger partial charge in [-0.05, 0) is 36.8 Å². The van der Waals surface area contributed by atoms with Crippen molar-refractivity contribution in [2.24, 2.45) is 0 Å². The van der Waals surface area contributed by atoms with Crippen molar-refractivity contribution in [1.29, 1.82) is 0 Å². The third-order valence-electron chi connectivity index (χ3n) is 2.99. The highest BCUT2D eigenvalue weighted by molar-refractivity contribution is 7.11. The number of benzene rings is 1. The lowest BCUT2D eigenvalue weighted by molar-refractivity contribution is 0.354. The van der Waals surface area contributed by atoms with Gasteiger partial charge < -0.3 is 4.74 Å². The average Bonchev–Trinajstić information content (AvgIpc) is 2.87. The number of ether oxygens (including phenoxy) is 1. The van der Waals surface area contributed by atoms with Crippen LogP contribution in [0.25, 0.3) is 0 Å². The molecule has 1 aromatic carbocycles. The number of halogens is 1. The van der Waals surface area contributed by atoms with Crippen LogP contribution in [0.1, 0.15) is 20.9 Å². The summed E-state index contributed by atoms with van der Waals surface area (Å²) in [7, 11) is 0. The zero-order chi connectivity index (χ0) is 11.8. The zero-order valence-electron chi connectivity index (χ0n) is 9.63. The Morgan fingerprint density at radius 1 is 1.35 bits per heavy atom. The minimum atomic E-state index is 0.784. The predicted molar refractivity (Wildman–Crippen MR) is 72.5 cm³/mol. The second kappa shape index (κ2) is 4.35. The maximum absolute atomic E-state index is 6.15. The van der Waals surface area contributed by atoms with Crippen molar-refractivity contribution >= 4 is 22.9 Å². The normalized spacial score (nSPS) is 13.5. The number of hydrogen-bond donors (Lipinski definition) is 0. The molecule has 2 aromatic rings. The van der Waals surface area contributed by atoms with E-state index in [0.29, 0.717) is 0 Å². The van der Waals surface area contributed by atoms with E-state index in [1.165, 1.54) is 20.9 Å². The minimum absolute atomic E-state index is 0.784. The van der Waals surface area contributed by atoms with E-state index >= 15 is 0 Å². The second-order valence-electron chi connectivity index (χ2n) is 4.34. The number of thiophene rings is 1. The van der Waals surface area contributed by atoms with Crippen LogP contribution in [-0.4, -0.2) is 6.61 Å². The Morgan fingerprint density at radius 2 is 2.24 bits per heavy atom. The summed E-state index contributed by atoms with van der Waals surface area (Å²) in [5.41, 5.74) is 2.47. The van der Waals surface area contributed by atoms with Gasteiger partial charge in [-0.1, -0.05) is 11.6 Å². The van der Waals surface area contributed by atoms with Crippen molar-refractivity contribution in [2.75, 3.05) is 6.61 Å². The maximum atomic E-state index is 6.15. The second-order valence-corrected chi connectivity index (χ2v) is 6.15. The van der Waals surface area contributed by atoms with Crippen LogP contribution in [0.15, 0.2) is 24.3 Å². The third-order valence-corrected chi connectivity index (χ3v) is 4.20. The van der Waals surface area contributed by atoms with Gasteiger partial charge in [0.05, 0.1) is 6.61 Å². The molecule has 1 nitrogen and oxygen atoms in total. The molecule has 17 heavy (non-hydrogen) atoms. The summed E-state index contributed by atoms with van der Waals surface area (Å²) >= 11 is 7.98. The molecule has 1 aliphatic heterocycles. The van der Waals surface area contributed by atoms with Gasteiger partial charge >= 0.3 is 0 Å². The van der Waals surface area contributed by atoms with Crippen LogP contribution in [-0.2, 0) is 12.8 Å². The highest BCUT2D eigenvalue weighted by atomic mass is 35.5. The molecule has 0 saturated carbocycles. The van der Waals surface area contributed by atoms with Crippen molar-refractivity contribution in [3.05, 3.63) is 50.2 Å². The zero-order valence-corrected chi connectivity index (χ0v) is 11.2. The van der Waals surface area contributed by atoms with E-state index in [9.17, 15) is 0 Å². The first-order chi connectivity index (χ1) is 8.22. The molecule has 0 spiro atoms. The van der Waals surface area contributed by atoms with E-state index < -0.39 is 0 Å². The summed E-state index contributed by atoms with van der Waals surface area (Å²) in [6.45, 7) is 2.92. The Labute approximate surface area is 110 Å². The van der Waals surface area contributed by atoms with Gasteiger partial charge in [-0.3, -0.25) is 0 Å². The molecule has 3 rings (SSSR count). The monoisotopic (exact) mass is 264 g/mol. The molecule has 0 amide bonds. The van der Waals surface area contributed by atoms with E-state index in [2.05, 4.69) is 19.1 Å². The molecule has 0 aliphatic carbocycles. The van der Waals surface area contributed by atoms with Gasteiger partial charge in [0.25, 0.3) is 0 Å². The molecule has 0 N–H and O–H groups in total. The van der Waals surface area contributed by atoms with Crippen molar-refractivity contribution in [1.82, 2.24) is 0 Å². The molecular weight excluding hydrogens is 252 g/mol. The standard InChI is InChI=1S/C14H13ClOS/c1-9-2-3-13(17-9)8-11-7-12(15)6-10-4-5-16-14(10)11/h2-3,6-7H,4-5,8H2,1H3. The number of hydrogen-bond acceptors (Lipinski definition) is 2. The van der Waals surface area contributed by atoms with Gasteiger partial charge in [-0.25, -0.2) is 0 Å². The summed E-state index contributed by atoms with van der Waals surface area (Å²) in [5, 5.41) is 0.817. The molecule has 3 heteroatoms. The molecule has 0 radical (unpaired) electrons. The number of rotatable bonds is 2. The van der Waals surface area contributed by atoms with E-state index in [-0.39, 0.29) is 0 Å². The fourth-order valence-corrected chi connectivity index (χ4v) is 3.42. The molecule has 0 saturated heterocycles. The molecule has 2 heterocycles. The largest absolute Gasteiger partial charge is 0.493 e. The fourth-order valence-electron chi connectivity index (χ4n) is 2.25. The van der Waals surface area contributed by atoms with Crippen LogP contribution in [0.5, 0.6) is 5.75 Å². The Kier molecular flexibility index (Phi) is 2.85. The molecule has 0 unspecified atom stereocenters. The van der Waals surface area contributed by atoms with E-state index in [0.717, 1.165) is 30.2 Å².